The molecule has 0 unspecified atom stereocenters. The van der Waals surface area contributed by atoms with Gasteiger partial charge in [-0.25, -0.2) is 0 Å². The standard InChI is InChI=1S/C12H20N4O/c1-14-5-3-9(4-6-14)16-11-8-15(2)7-10(11)12(17)13-16/h9H,3-8H2,1-2H3,(H,13,17). The van der Waals surface area contributed by atoms with Crippen molar-refractivity contribution in [1.82, 2.24) is 19.6 Å². The first-order chi connectivity index (χ1) is 8.15. The number of rotatable bonds is 1. The second kappa shape index (κ2) is 3.99. The molecule has 5 heteroatoms. The third kappa shape index (κ3) is 1.83. The summed E-state index contributed by atoms with van der Waals surface area (Å²) in [6.07, 6.45) is 2.27. The van der Waals surface area contributed by atoms with Crippen LogP contribution in [0.4, 0.5) is 0 Å². The first kappa shape index (κ1) is 11.0. The molecule has 0 aliphatic carbocycles. The van der Waals surface area contributed by atoms with Crippen LogP contribution in [0.2, 0.25) is 0 Å². The molecule has 0 saturated carbocycles. The molecule has 17 heavy (non-hydrogen) atoms. The number of hydrogen-bond donors (Lipinski definition) is 1. The minimum Gasteiger partial charge on any atom is -0.306 e. The fraction of sp³-hybridized carbons (Fsp3) is 0.750. The molecular weight excluding hydrogens is 216 g/mol. The molecule has 5 nitrogen and oxygen atoms in total. The van der Waals surface area contributed by atoms with Gasteiger partial charge in [0.2, 0.25) is 0 Å². The van der Waals surface area contributed by atoms with E-state index in [1.807, 2.05) is 0 Å². The molecule has 0 amide bonds. The average molecular weight is 236 g/mol. The molecule has 0 aromatic carbocycles. The zero-order valence-electron chi connectivity index (χ0n) is 10.6. The van der Waals surface area contributed by atoms with Crippen LogP contribution in [0.1, 0.15) is 30.1 Å². The van der Waals surface area contributed by atoms with E-state index >= 15 is 0 Å². The molecule has 1 N–H and O–H groups in total. The smallest absolute Gasteiger partial charge is 0.268 e. The van der Waals surface area contributed by atoms with Crippen LogP contribution >= 0.6 is 0 Å². The predicted octanol–water partition coefficient (Wildman–Crippen LogP) is 0.389. The summed E-state index contributed by atoms with van der Waals surface area (Å²) in [6.45, 7) is 3.94. The van der Waals surface area contributed by atoms with E-state index < -0.39 is 0 Å². The monoisotopic (exact) mass is 236 g/mol. The third-order valence-electron chi connectivity index (χ3n) is 4.04. The highest BCUT2D eigenvalue weighted by molar-refractivity contribution is 5.22. The highest BCUT2D eigenvalue weighted by Crippen LogP contribution is 2.26. The van der Waals surface area contributed by atoms with Crippen LogP contribution in [0.3, 0.4) is 0 Å². The van der Waals surface area contributed by atoms with Crippen molar-refractivity contribution in [2.45, 2.75) is 32.0 Å². The predicted molar refractivity (Wildman–Crippen MR) is 66.0 cm³/mol. The third-order valence-corrected chi connectivity index (χ3v) is 4.04. The van der Waals surface area contributed by atoms with E-state index in [0.29, 0.717) is 6.04 Å². The van der Waals surface area contributed by atoms with Crippen LogP contribution in [0.15, 0.2) is 4.79 Å². The molecular formula is C12H20N4O. The van der Waals surface area contributed by atoms with Gasteiger partial charge in [-0.05, 0) is 40.0 Å². The number of hydrogen-bond acceptors (Lipinski definition) is 3. The van der Waals surface area contributed by atoms with Gasteiger partial charge in [-0.2, -0.15) is 0 Å². The van der Waals surface area contributed by atoms with Crippen molar-refractivity contribution >= 4 is 0 Å². The largest absolute Gasteiger partial charge is 0.306 e. The van der Waals surface area contributed by atoms with E-state index in [4.69, 9.17) is 0 Å². The van der Waals surface area contributed by atoms with E-state index in [0.717, 1.165) is 44.6 Å². The van der Waals surface area contributed by atoms with Gasteiger partial charge in [0.25, 0.3) is 5.56 Å². The van der Waals surface area contributed by atoms with Crippen LogP contribution in [-0.4, -0.2) is 46.8 Å². The van der Waals surface area contributed by atoms with Gasteiger partial charge in [-0.1, -0.05) is 0 Å². The number of likely N-dealkylation sites (tertiary alicyclic amines) is 1. The van der Waals surface area contributed by atoms with Crippen LogP contribution in [0.25, 0.3) is 0 Å². The molecule has 0 radical (unpaired) electrons. The number of aromatic amines is 1. The summed E-state index contributed by atoms with van der Waals surface area (Å²) in [7, 11) is 4.23. The maximum atomic E-state index is 11.9. The van der Waals surface area contributed by atoms with Gasteiger partial charge in [0, 0.05) is 13.1 Å². The maximum absolute atomic E-state index is 11.9. The Morgan fingerprint density at radius 2 is 1.82 bits per heavy atom. The first-order valence-corrected chi connectivity index (χ1v) is 6.34. The van der Waals surface area contributed by atoms with Gasteiger partial charge in [0.1, 0.15) is 0 Å². The molecule has 0 spiro atoms. The molecule has 1 aromatic rings. The van der Waals surface area contributed by atoms with E-state index in [9.17, 15) is 4.79 Å². The molecule has 2 aliphatic rings. The van der Waals surface area contributed by atoms with E-state index in [1.54, 1.807) is 0 Å². The Kier molecular flexibility index (Phi) is 2.60. The van der Waals surface area contributed by atoms with Gasteiger partial charge in [0.15, 0.2) is 0 Å². The van der Waals surface area contributed by atoms with Crippen molar-refractivity contribution < 1.29 is 0 Å². The van der Waals surface area contributed by atoms with E-state index in [2.05, 4.69) is 33.7 Å². The van der Waals surface area contributed by atoms with Crippen LogP contribution < -0.4 is 5.56 Å². The quantitative estimate of drug-likeness (QED) is 0.767. The number of H-pyrrole nitrogens is 1. The number of fused-ring (bicyclic) bond motifs is 1. The molecule has 1 saturated heterocycles. The summed E-state index contributed by atoms with van der Waals surface area (Å²) in [5.74, 6) is 0. The van der Waals surface area contributed by atoms with E-state index in [-0.39, 0.29) is 5.56 Å². The zero-order chi connectivity index (χ0) is 12.0. The second-order valence-corrected chi connectivity index (χ2v) is 5.44. The lowest BCUT2D eigenvalue weighted by Crippen LogP contribution is -2.33. The number of piperidine rings is 1. The number of nitrogens with one attached hydrogen (secondary N) is 1. The highest BCUT2D eigenvalue weighted by atomic mass is 16.1. The van der Waals surface area contributed by atoms with Gasteiger partial charge in [-0.3, -0.25) is 19.5 Å². The first-order valence-electron chi connectivity index (χ1n) is 6.34. The van der Waals surface area contributed by atoms with Crippen molar-refractivity contribution in [3.05, 3.63) is 21.6 Å². The summed E-state index contributed by atoms with van der Waals surface area (Å²) in [4.78, 5) is 16.4. The van der Waals surface area contributed by atoms with Gasteiger partial charge in [0.05, 0.1) is 17.3 Å². The average Bonchev–Trinajstić information content (AvgIpc) is 2.80. The summed E-state index contributed by atoms with van der Waals surface area (Å²) in [5.41, 5.74) is 2.31. The van der Waals surface area contributed by atoms with Crippen molar-refractivity contribution in [3.8, 4) is 0 Å². The minimum absolute atomic E-state index is 0.114. The molecule has 3 heterocycles. The van der Waals surface area contributed by atoms with Crippen molar-refractivity contribution in [2.75, 3.05) is 27.2 Å². The minimum atomic E-state index is 0.114. The molecule has 2 aliphatic heterocycles. The molecule has 1 aromatic heterocycles. The van der Waals surface area contributed by atoms with Crippen molar-refractivity contribution in [3.63, 3.8) is 0 Å². The van der Waals surface area contributed by atoms with Gasteiger partial charge < -0.3 is 4.90 Å². The lowest BCUT2D eigenvalue weighted by molar-refractivity contribution is 0.206. The second-order valence-electron chi connectivity index (χ2n) is 5.44. The number of aromatic nitrogens is 2. The lowest BCUT2D eigenvalue weighted by atomic mass is 10.1. The van der Waals surface area contributed by atoms with Crippen LogP contribution in [-0.2, 0) is 13.1 Å². The fourth-order valence-electron chi connectivity index (χ4n) is 3.00. The summed E-state index contributed by atoms with van der Waals surface area (Å²) < 4.78 is 2.15. The summed E-state index contributed by atoms with van der Waals surface area (Å²) in [5, 5.41) is 3.04. The molecule has 1 fully saturated rings. The summed E-state index contributed by atoms with van der Waals surface area (Å²) in [6, 6.07) is 0.481. The molecule has 0 bridgehead atoms. The Bertz CT molecular complexity index is 467. The fourth-order valence-corrected chi connectivity index (χ4v) is 3.00. The van der Waals surface area contributed by atoms with E-state index in [1.165, 1.54) is 5.69 Å². The Balaban J connectivity index is 1.89. The highest BCUT2D eigenvalue weighted by Gasteiger charge is 2.28. The van der Waals surface area contributed by atoms with Crippen LogP contribution in [0.5, 0.6) is 0 Å². The van der Waals surface area contributed by atoms with Gasteiger partial charge in [-0.15, -0.1) is 0 Å². The molecule has 0 atom stereocenters. The Hall–Kier alpha value is -1.07. The van der Waals surface area contributed by atoms with Crippen molar-refractivity contribution in [1.29, 1.82) is 0 Å². The topological polar surface area (TPSA) is 44.3 Å². The Labute approximate surface area is 101 Å². The van der Waals surface area contributed by atoms with Crippen molar-refractivity contribution in [2.24, 2.45) is 0 Å². The summed E-state index contributed by atoms with van der Waals surface area (Å²) >= 11 is 0. The van der Waals surface area contributed by atoms with Gasteiger partial charge >= 0.3 is 0 Å². The lowest BCUT2D eigenvalue weighted by Gasteiger charge is -2.30. The SMILES string of the molecule is CN1CCC(n2[nH]c(=O)c3c2CN(C)C3)CC1. The zero-order valence-corrected chi connectivity index (χ0v) is 10.6. The Morgan fingerprint density at radius 3 is 2.53 bits per heavy atom. The number of nitrogens with zero attached hydrogens (tertiary/aromatic N) is 3. The molecule has 94 valence electrons. The molecule has 3 rings (SSSR count). The Morgan fingerprint density at radius 1 is 1.12 bits per heavy atom. The maximum Gasteiger partial charge on any atom is 0.268 e. The normalized spacial score (nSPS) is 23.2. The van der Waals surface area contributed by atoms with Crippen LogP contribution in [0, 0.1) is 0 Å².